The van der Waals surface area contributed by atoms with Crippen LogP contribution in [0.2, 0.25) is 0 Å². The van der Waals surface area contributed by atoms with Gasteiger partial charge in [0.15, 0.2) is 0 Å². The van der Waals surface area contributed by atoms with Gasteiger partial charge in [0.05, 0.1) is 0 Å². The Labute approximate surface area is 106 Å². The van der Waals surface area contributed by atoms with Gasteiger partial charge in [0.25, 0.3) is 0 Å². The molecule has 0 bridgehead atoms. The Hall–Kier alpha value is -0.120. The van der Waals surface area contributed by atoms with E-state index in [0.29, 0.717) is 5.41 Å². The molecule has 0 aromatic carbocycles. The summed E-state index contributed by atoms with van der Waals surface area (Å²) in [5.74, 6) is 0. The lowest BCUT2D eigenvalue weighted by molar-refractivity contribution is -0.00765. The zero-order valence-corrected chi connectivity index (χ0v) is 12.0. The first kappa shape index (κ1) is 14.9. The molecule has 1 N–H and O–H groups in total. The SMILES string of the molecule is CCOCCC1(CNC(C)(C)C)CCOCC1. The molecule has 0 atom stereocenters. The van der Waals surface area contributed by atoms with Crippen LogP contribution in [0.4, 0.5) is 0 Å². The molecular formula is C14H29NO2. The van der Waals surface area contributed by atoms with E-state index in [2.05, 4.69) is 33.0 Å². The molecular weight excluding hydrogens is 214 g/mol. The molecule has 1 aliphatic rings. The van der Waals surface area contributed by atoms with E-state index in [-0.39, 0.29) is 5.54 Å². The van der Waals surface area contributed by atoms with E-state index in [1.807, 2.05) is 0 Å². The normalized spacial score (nSPS) is 20.5. The van der Waals surface area contributed by atoms with Crippen molar-refractivity contribution in [2.24, 2.45) is 5.41 Å². The number of rotatable bonds is 6. The van der Waals surface area contributed by atoms with Gasteiger partial charge >= 0.3 is 0 Å². The maximum atomic E-state index is 5.52. The molecule has 1 rings (SSSR count). The maximum absolute atomic E-state index is 5.52. The fourth-order valence-corrected chi connectivity index (χ4v) is 2.21. The van der Waals surface area contributed by atoms with Crippen LogP contribution in [-0.4, -0.2) is 38.5 Å². The topological polar surface area (TPSA) is 30.5 Å². The first-order chi connectivity index (χ1) is 7.97. The fraction of sp³-hybridized carbons (Fsp3) is 1.00. The lowest BCUT2D eigenvalue weighted by Crippen LogP contribution is -2.46. The van der Waals surface area contributed by atoms with Crippen LogP contribution >= 0.6 is 0 Å². The van der Waals surface area contributed by atoms with Gasteiger partial charge in [-0.1, -0.05) is 0 Å². The zero-order valence-electron chi connectivity index (χ0n) is 12.0. The summed E-state index contributed by atoms with van der Waals surface area (Å²) in [6.07, 6.45) is 3.46. The Balaban J connectivity index is 2.46. The van der Waals surface area contributed by atoms with Crippen molar-refractivity contribution in [3.8, 4) is 0 Å². The molecule has 0 aromatic rings. The van der Waals surface area contributed by atoms with Crippen LogP contribution in [0.25, 0.3) is 0 Å². The minimum atomic E-state index is 0.191. The molecule has 0 unspecified atom stereocenters. The first-order valence-corrected chi connectivity index (χ1v) is 6.88. The van der Waals surface area contributed by atoms with Gasteiger partial charge in [0.2, 0.25) is 0 Å². The third-order valence-electron chi connectivity index (χ3n) is 3.53. The molecule has 0 amide bonds. The van der Waals surface area contributed by atoms with Crippen LogP contribution in [0.15, 0.2) is 0 Å². The molecule has 102 valence electrons. The van der Waals surface area contributed by atoms with E-state index in [1.54, 1.807) is 0 Å². The van der Waals surface area contributed by atoms with Crippen LogP contribution in [-0.2, 0) is 9.47 Å². The summed E-state index contributed by atoms with van der Waals surface area (Å²) in [6, 6.07) is 0. The van der Waals surface area contributed by atoms with Crippen molar-refractivity contribution in [2.45, 2.75) is 52.5 Å². The maximum Gasteiger partial charge on any atom is 0.0471 e. The summed E-state index contributed by atoms with van der Waals surface area (Å²) in [7, 11) is 0. The fourth-order valence-electron chi connectivity index (χ4n) is 2.21. The molecule has 1 fully saturated rings. The Bertz CT molecular complexity index is 205. The first-order valence-electron chi connectivity index (χ1n) is 6.88. The molecule has 0 aromatic heterocycles. The predicted octanol–water partition coefficient (Wildman–Crippen LogP) is 2.60. The predicted molar refractivity (Wildman–Crippen MR) is 71.4 cm³/mol. The number of nitrogens with one attached hydrogen (secondary N) is 1. The van der Waals surface area contributed by atoms with Crippen molar-refractivity contribution in [1.29, 1.82) is 0 Å². The van der Waals surface area contributed by atoms with Gasteiger partial charge in [-0.05, 0) is 52.4 Å². The molecule has 1 aliphatic heterocycles. The third kappa shape index (κ3) is 5.84. The van der Waals surface area contributed by atoms with Crippen LogP contribution in [0.3, 0.4) is 0 Å². The van der Waals surface area contributed by atoms with Gasteiger partial charge in [-0.15, -0.1) is 0 Å². The third-order valence-corrected chi connectivity index (χ3v) is 3.53. The Morgan fingerprint density at radius 2 is 1.88 bits per heavy atom. The van der Waals surface area contributed by atoms with Gasteiger partial charge < -0.3 is 14.8 Å². The molecule has 3 nitrogen and oxygen atoms in total. The number of hydrogen-bond donors (Lipinski definition) is 1. The molecule has 0 radical (unpaired) electrons. The van der Waals surface area contributed by atoms with Gasteiger partial charge in [-0.3, -0.25) is 0 Å². The van der Waals surface area contributed by atoms with Crippen molar-refractivity contribution >= 4 is 0 Å². The highest BCUT2D eigenvalue weighted by Crippen LogP contribution is 2.34. The second-order valence-electron chi connectivity index (χ2n) is 6.16. The number of hydrogen-bond acceptors (Lipinski definition) is 3. The quantitative estimate of drug-likeness (QED) is 0.727. The van der Waals surface area contributed by atoms with E-state index in [1.165, 1.54) is 0 Å². The van der Waals surface area contributed by atoms with Gasteiger partial charge in [0, 0.05) is 38.5 Å². The van der Waals surface area contributed by atoms with Crippen molar-refractivity contribution in [1.82, 2.24) is 5.32 Å². The summed E-state index contributed by atoms with van der Waals surface area (Å²) in [5, 5.41) is 3.65. The van der Waals surface area contributed by atoms with E-state index in [0.717, 1.165) is 52.2 Å². The minimum Gasteiger partial charge on any atom is -0.382 e. The number of ether oxygens (including phenoxy) is 2. The average molecular weight is 243 g/mol. The summed E-state index contributed by atoms with van der Waals surface area (Å²) < 4.78 is 11.0. The van der Waals surface area contributed by atoms with Crippen LogP contribution in [0.5, 0.6) is 0 Å². The second-order valence-corrected chi connectivity index (χ2v) is 6.16. The van der Waals surface area contributed by atoms with Crippen molar-refractivity contribution < 1.29 is 9.47 Å². The van der Waals surface area contributed by atoms with E-state index < -0.39 is 0 Å². The smallest absolute Gasteiger partial charge is 0.0471 e. The highest BCUT2D eigenvalue weighted by Gasteiger charge is 2.33. The lowest BCUT2D eigenvalue weighted by Gasteiger charge is -2.39. The highest BCUT2D eigenvalue weighted by atomic mass is 16.5. The highest BCUT2D eigenvalue weighted by molar-refractivity contribution is 4.86. The lowest BCUT2D eigenvalue weighted by atomic mass is 9.77. The second kappa shape index (κ2) is 6.72. The largest absolute Gasteiger partial charge is 0.382 e. The summed E-state index contributed by atoms with van der Waals surface area (Å²) in [4.78, 5) is 0. The molecule has 0 aliphatic carbocycles. The van der Waals surface area contributed by atoms with Crippen molar-refractivity contribution in [2.75, 3.05) is 33.0 Å². The van der Waals surface area contributed by atoms with E-state index in [9.17, 15) is 0 Å². The summed E-state index contributed by atoms with van der Waals surface area (Å²) in [5.41, 5.74) is 0.567. The molecule has 1 saturated heterocycles. The molecule has 0 spiro atoms. The Morgan fingerprint density at radius 3 is 2.41 bits per heavy atom. The Morgan fingerprint density at radius 1 is 1.24 bits per heavy atom. The summed E-state index contributed by atoms with van der Waals surface area (Å²) in [6.45, 7) is 13.3. The molecule has 3 heteroatoms. The standard InChI is InChI=1S/C14H29NO2/c1-5-16-9-6-14(7-10-17-11-8-14)12-15-13(2,3)4/h15H,5-12H2,1-4H3. The van der Waals surface area contributed by atoms with Gasteiger partial charge in [0.1, 0.15) is 0 Å². The monoisotopic (exact) mass is 243 g/mol. The minimum absolute atomic E-state index is 0.191. The van der Waals surface area contributed by atoms with Crippen molar-refractivity contribution in [3.05, 3.63) is 0 Å². The molecule has 1 heterocycles. The van der Waals surface area contributed by atoms with Crippen molar-refractivity contribution in [3.63, 3.8) is 0 Å². The molecule has 0 saturated carbocycles. The van der Waals surface area contributed by atoms with Gasteiger partial charge in [-0.2, -0.15) is 0 Å². The Kier molecular flexibility index (Phi) is 5.90. The van der Waals surface area contributed by atoms with Crippen LogP contribution in [0, 0.1) is 5.41 Å². The van der Waals surface area contributed by atoms with E-state index >= 15 is 0 Å². The zero-order chi connectivity index (χ0) is 12.8. The van der Waals surface area contributed by atoms with E-state index in [4.69, 9.17) is 9.47 Å². The van der Waals surface area contributed by atoms with Crippen LogP contribution < -0.4 is 5.32 Å². The average Bonchev–Trinajstić information content (AvgIpc) is 2.28. The van der Waals surface area contributed by atoms with Gasteiger partial charge in [-0.25, -0.2) is 0 Å². The van der Waals surface area contributed by atoms with Crippen LogP contribution in [0.1, 0.15) is 47.0 Å². The molecule has 17 heavy (non-hydrogen) atoms. The summed E-state index contributed by atoms with van der Waals surface area (Å²) >= 11 is 0.